The highest BCUT2D eigenvalue weighted by atomic mass is 127. The van der Waals surface area contributed by atoms with E-state index in [1.165, 1.54) is 11.0 Å². The Morgan fingerprint density at radius 3 is 2.76 bits per heavy atom. The summed E-state index contributed by atoms with van der Waals surface area (Å²) in [4.78, 5) is 24.4. The van der Waals surface area contributed by atoms with E-state index in [1.807, 2.05) is 22.6 Å². The van der Waals surface area contributed by atoms with Gasteiger partial charge in [0.15, 0.2) is 0 Å². The lowest BCUT2D eigenvalue weighted by atomic mass is 10.1. The minimum Gasteiger partial charge on any atom is -0.478 e. The molecule has 1 saturated heterocycles. The Morgan fingerprint density at radius 1 is 1.53 bits per heavy atom. The van der Waals surface area contributed by atoms with Gasteiger partial charge in [-0.05, 0) is 34.7 Å². The van der Waals surface area contributed by atoms with Crippen molar-refractivity contribution in [2.24, 2.45) is 5.73 Å². The Labute approximate surface area is 112 Å². The standard InChI is InChI=1S/C11H11IN2O3/c12-8-3-1-2-7(11(16)17)10(8)14-5-6(13)4-9(14)15/h1-3,6H,4-5,13H2,(H,16,17). The highest BCUT2D eigenvalue weighted by Gasteiger charge is 2.31. The van der Waals surface area contributed by atoms with E-state index in [9.17, 15) is 9.59 Å². The number of anilines is 1. The highest BCUT2D eigenvalue weighted by Crippen LogP contribution is 2.30. The number of para-hydroxylation sites is 1. The van der Waals surface area contributed by atoms with E-state index >= 15 is 0 Å². The molecule has 1 fully saturated rings. The van der Waals surface area contributed by atoms with Gasteiger partial charge in [0, 0.05) is 22.6 Å². The SMILES string of the molecule is NC1CC(=O)N(c2c(I)cccc2C(=O)O)C1. The molecule has 0 saturated carbocycles. The summed E-state index contributed by atoms with van der Waals surface area (Å²) in [6.45, 7) is 0.374. The van der Waals surface area contributed by atoms with Gasteiger partial charge < -0.3 is 15.7 Å². The first kappa shape index (κ1) is 12.3. The number of nitrogens with two attached hydrogens (primary N) is 1. The maximum absolute atomic E-state index is 11.8. The van der Waals surface area contributed by atoms with Crippen LogP contribution >= 0.6 is 22.6 Å². The fourth-order valence-corrected chi connectivity index (χ4v) is 2.70. The van der Waals surface area contributed by atoms with Crippen molar-refractivity contribution in [2.45, 2.75) is 12.5 Å². The molecule has 1 aliphatic heterocycles. The lowest BCUT2D eigenvalue weighted by Crippen LogP contribution is -2.30. The summed E-state index contributed by atoms with van der Waals surface area (Å²) in [5, 5.41) is 9.13. The van der Waals surface area contributed by atoms with Crippen molar-refractivity contribution in [3.05, 3.63) is 27.3 Å². The van der Waals surface area contributed by atoms with Crippen molar-refractivity contribution in [1.29, 1.82) is 0 Å². The van der Waals surface area contributed by atoms with Crippen molar-refractivity contribution in [3.8, 4) is 0 Å². The molecule has 0 radical (unpaired) electrons. The molecule has 1 amide bonds. The first-order valence-electron chi connectivity index (χ1n) is 5.08. The van der Waals surface area contributed by atoms with Gasteiger partial charge in [-0.15, -0.1) is 0 Å². The van der Waals surface area contributed by atoms with Crippen LogP contribution < -0.4 is 10.6 Å². The average molecular weight is 346 g/mol. The molecule has 2 rings (SSSR count). The zero-order valence-corrected chi connectivity index (χ0v) is 11.0. The minimum absolute atomic E-state index is 0.121. The number of carboxylic acids is 1. The predicted molar refractivity (Wildman–Crippen MR) is 71.1 cm³/mol. The molecule has 0 aliphatic carbocycles. The van der Waals surface area contributed by atoms with Crippen molar-refractivity contribution in [1.82, 2.24) is 0 Å². The Morgan fingerprint density at radius 2 is 2.24 bits per heavy atom. The van der Waals surface area contributed by atoms with Crippen LogP contribution in [0.25, 0.3) is 0 Å². The lowest BCUT2D eigenvalue weighted by Gasteiger charge is -2.20. The summed E-state index contributed by atoms with van der Waals surface area (Å²) in [5.41, 5.74) is 6.31. The number of nitrogens with zero attached hydrogens (tertiary/aromatic N) is 1. The molecular weight excluding hydrogens is 335 g/mol. The van der Waals surface area contributed by atoms with E-state index in [0.29, 0.717) is 12.2 Å². The van der Waals surface area contributed by atoms with Crippen LogP contribution in [-0.4, -0.2) is 29.6 Å². The summed E-state index contributed by atoms with van der Waals surface area (Å²) in [6.07, 6.45) is 0.268. The minimum atomic E-state index is -1.04. The largest absolute Gasteiger partial charge is 0.478 e. The number of benzene rings is 1. The molecule has 0 aromatic heterocycles. The monoisotopic (exact) mass is 346 g/mol. The molecule has 1 aliphatic rings. The van der Waals surface area contributed by atoms with Crippen LogP contribution in [-0.2, 0) is 4.79 Å². The van der Waals surface area contributed by atoms with Gasteiger partial charge in [-0.2, -0.15) is 0 Å². The number of aromatic carboxylic acids is 1. The third-order valence-corrected chi connectivity index (χ3v) is 3.51. The number of carboxylic acid groups (broad SMARTS) is 1. The number of carbonyl (C=O) groups is 2. The molecule has 1 atom stereocenters. The zero-order chi connectivity index (χ0) is 12.6. The molecule has 5 nitrogen and oxygen atoms in total. The summed E-state index contributed by atoms with van der Waals surface area (Å²) in [6, 6.07) is 4.71. The van der Waals surface area contributed by atoms with Crippen molar-refractivity contribution in [2.75, 3.05) is 11.4 Å². The van der Waals surface area contributed by atoms with E-state index < -0.39 is 5.97 Å². The molecule has 90 valence electrons. The lowest BCUT2D eigenvalue weighted by molar-refractivity contribution is -0.117. The molecule has 6 heteroatoms. The third kappa shape index (κ3) is 2.27. The Balaban J connectivity index is 2.51. The van der Waals surface area contributed by atoms with Gasteiger partial charge in [0.1, 0.15) is 0 Å². The first-order chi connectivity index (χ1) is 8.00. The number of amides is 1. The quantitative estimate of drug-likeness (QED) is 0.785. The summed E-state index contributed by atoms with van der Waals surface area (Å²) < 4.78 is 0.741. The molecule has 0 bridgehead atoms. The molecule has 17 heavy (non-hydrogen) atoms. The Hall–Kier alpha value is -1.15. The molecule has 1 unspecified atom stereocenters. The van der Waals surface area contributed by atoms with Crippen molar-refractivity contribution in [3.63, 3.8) is 0 Å². The third-order valence-electron chi connectivity index (χ3n) is 2.64. The van der Waals surface area contributed by atoms with Crippen molar-refractivity contribution < 1.29 is 14.7 Å². The van der Waals surface area contributed by atoms with Crippen LogP contribution in [0.3, 0.4) is 0 Å². The fraction of sp³-hybridized carbons (Fsp3) is 0.273. The van der Waals surface area contributed by atoms with Gasteiger partial charge in [-0.25, -0.2) is 4.79 Å². The average Bonchev–Trinajstić information content (AvgIpc) is 2.57. The van der Waals surface area contributed by atoms with Gasteiger partial charge in [0.2, 0.25) is 5.91 Å². The first-order valence-corrected chi connectivity index (χ1v) is 6.16. The maximum Gasteiger partial charge on any atom is 0.337 e. The van der Waals surface area contributed by atoms with E-state index in [-0.39, 0.29) is 23.9 Å². The van der Waals surface area contributed by atoms with Gasteiger partial charge in [0.05, 0.1) is 11.3 Å². The maximum atomic E-state index is 11.8. The topological polar surface area (TPSA) is 83.6 Å². The number of carbonyl (C=O) groups excluding carboxylic acids is 1. The van der Waals surface area contributed by atoms with Crippen molar-refractivity contribution >= 4 is 40.2 Å². The van der Waals surface area contributed by atoms with Crippen LogP contribution in [0, 0.1) is 3.57 Å². The van der Waals surface area contributed by atoms with Crippen LogP contribution in [0.5, 0.6) is 0 Å². The molecule has 1 aromatic rings. The highest BCUT2D eigenvalue weighted by molar-refractivity contribution is 14.1. The van der Waals surface area contributed by atoms with Crippen LogP contribution in [0.15, 0.2) is 18.2 Å². The second-order valence-electron chi connectivity index (χ2n) is 3.91. The summed E-state index contributed by atoms with van der Waals surface area (Å²) in [7, 11) is 0. The molecule has 0 spiro atoms. The van der Waals surface area contributed by atoms with E-state index in [4.69, 9.17) is 10.8 Å². The predicted octanol–water partition coefficient (Wildman–Crippen LogP) is 1.05. The molecule has 1 heterocycles. The fourth-order valence-electron chi connectivity index (χ4n) is 1.91. The van der Waals surface area contributed by atoms with Gasteiger partial charge >= 0.3 is 5.97 Å². The van der Waals surface area contributed by atoms with Crippen LogP contribution in [0.4, 0.5) is 5.69 Å². The van der Waals surface area contributed by atoms with Crippen LogP contribution in [0.1, 0.15) is 16.8 Å². The summed E-state index contributed by atoms with van der Waals surface area (Å²) in [5.74, 6) is -1.16. The van der Waals surface area contributed by atoms with E-state index in [1.54, 1.807) is 12.1 Å². The van der Waals surface area contributed by atoms with E-state index in [2.05, 4.69) is 0 Å². The second kappa shape index (κ2) is 4.61. The molecule has 3 N–H and O–H groups in total. The Kier molecular flexibility index (Phi) is 3.34. The van der Waals surface area contributed by atoms with Gasteiger partial charge in [0.25, 0.3) is 0 Å². The van der Waals surface area contributed by atoms with E-state index in [0.717, 1.165) is 3.57 Å². The number of halogens is 1. The summed E-state index contributed by atoms with van der Waals surface area (Å²) >= 11 is 2.03. The Bertz CT molecular complexity index is 490. The van der Waals surface area contributed by atoms with Gasteiger partial charge in [-0.1, -0.05) is 6.07 Å². The normalized spacial score (nSPS) is 19.8. The smallest absolute Gasteiger partial charge is 0.337 e. The second-order valence-corrected chi connectivity index (χ2v) is 5.07. The number of hydrogen-bond acceptors (Lipinski definition) is 3. The van der Waals surface area contributed by atoms with Crippen LogP contribution in [0.2, 0.25) is 0 Å². The zero-order valence-electron chi connectivity index (χ0n) is 8.89. The number of hydrogen-bond donors (Lipinski definition) is 2. The molecule has 1 aromatic carbocycles. The number of rotatable bonds is 2. The van der Waals surface area contributed by atoms with Gasteiger partial charge in [-0.3, -0.25) is 4.79 Å². The molecular formula is C11H11IN2O3.